The maximum absolute atomic E-state index is 5.73. The molecule has 0 fully saturated rings. The first kappa shape index (κ1) is 9.86. The molecule has 0 saturated heterocycles. The smallest absolute Gasteiger partial charge is 0.204 e. The number of rotatable bonds is 1. The summed E-state index contributed by atoms with van der Waals surface area (Å²) in [4.78, 5) is 0. The molecule has 4 nitrogen and oxygen atoms in total. The second kappa shape index (κ2) is 3.61. The molecule has 0 aliphatic carbocycles. The SMILES string of the molecule is Clc1ccc(-c2nnc3ccc(Br)cn23)o1. The Morgan fingerprint density at radius 2 is 2.06 bits per heavy atom. The van der Waals surface area contributed by atoms with Crippen LogP contribution in [0.4, 0.5) is 0 Å². The lowest BCUT2D eigenvalue weighted by Gasteiger charge is -1.96. The van der Waals surface area contributed by atoms with Crippen LogP contribution in [0.25, 0.3) is 17.2 Å². The summed E-state index contributed by atoms with van der Waals surface area (Å²) < 4.78 is 8.08. The lowest BCUT2D eigenvalue weighted by Crippen LogP contribution is -1.87. The number of nitrogens with zero attached hydrogens (tertiary/aromatic N) is 3. The van der Waals surface area contributed by atoms with Crippen LogP contribution in [0.3, 0.4) is 0 Å². The average Bonchev–Trinajstić information content (AvgIpc) is 2.83. The summed E-state index contributed by atoms with van der Waals surface area (Å²) in [5.41, 5.74) is 0.755. The molecule has 0 aliphatic heterocycles. The molecule has 3 rings (SSSR count). The van der Waals surface area contributed by atoms with E-state index in [1.165, 1.54) is 0 Å². The molecule has 0 amide bonds. The van der Waals surface area contributed by atoms with Crippen molar-refractivity contribution in [1.82, 2.24) is 14.6 Å². The monoisotopic (exact) mass is 297 g/mol. The van der Waals surface area contributed by atoms with E-state index in [2.05, 4.69) is 26.1 Å². The van der Waals surface area contributed by atoms with Crippen molar-refractivity contribution >= 4 is 33.2 Å². The van der Waals surface area contributed by atoms with Crippen molar-refractivity contribution in [2.24, 2.45) is 0 Å². The van der Waals surface area contributed by atoms with E-state index in [0.717, 1.165) is 10.1 Å². The van der Waals surface area contributed by atoms with Gasteiger partial charge in [-0.1, -0.05) is 0 Å². The highest BCUT2D eigenvalue weighted by Gasteiger charge is 2.11. The van der Waals surface area contributed by atoms with Crippen LogP contribution >= 0.6 is 27.5 Å². The molecule has 3 aromatic rings. The van der Waals surface area contributed by atoms with Gasteiger partial charge in [0.1, 0.15) is 0 Å². The van der Waals surface area contributed by atoms with Crippen molar-refractivity contribution in [1.29, 1.82) is 0 Å². The third-order valence-corrected chi connectivity index (χ3v) is 2.83. The molecule has 0 unspecified atom stereocenters. The van der Waals surface area contributed by atoms with Gasteiger partial charge < -0.3 is 4.42 Å². The molecule has 0 spiro atoms. The van der Waals surface area contributed by atoms with Gasteiger partial charge in [-0.25, -0.2) is 0 Å². The van der Waals surface area contributed by atoms with Gasteiger partial charge in [0, 0.05) is 10.7 Å². The molecule has 0 radical (unpaired) electrons. The van der Waals surface area contributed by atoms with Crippen molar-refractivity contribution in [3.8, 4) is 11.6 Å². The lowest BCUT2D eigenvalue weighted by atomic mass is 10.4. The summed E-state index contributed by atoms with van der Waals surface area (Å²) in [6, 6.07) is 7.21. The second-order valence-corrected chi connectivity index (χ2v) is 4.49. The Balaban J connectivity index is 2.27. The van der Waals surface area contributed by atoms with Crippen molar-refractivity contribution in [2.75, 3.05) is 0 Å². The van der Waals surface area contributed by atoms with E-state index < -0.39 is 0 Å². The predicted molar refractivity (Wildman–Crippen MR) is 63.4 cm³/mol. The average molecular weight is 299 g/mol. The summed E-state index contributed by atoms with van der Waals surface area (Å²) in [6.45, 7) is 0. The fourth-order valence-corrected chi connectivity index (χ4v) is 1.95. The molecule has 16 heavy (non-hydrogen) atoms. The van der Waals surface area contributed by atoms with E-state index in [9.17, 15) is 0 Å². The minimum absolute atomic E-state index is 0.335. The first-order valence-corrected chi connectivity index (χ1v) is 5.67. The molecule has 0 bridgehead atoms. The van der Waals surface area contributed by atoms with Crippen LogP contribution in [0.5, 0.6) is 0 Å². The minimum Gasteiger partial charge on any atom is -0.441 e. The highest BCUT2D eigenvalue weighted by Crippen LogP contribution is 2.24. The van der Waals surface area contributed by atoms with Crippen molar-refractivity contribution in [3.63, 3.8) is 0 Å². The lowest BCUT2D eigenvalue weighted by molar-refractivity contribution is 0.578. The highest BCUT2D eigenvalue weighted by molar-refractivity contribution is 9.10. The van der Waals surface area contributed by atoms with Crippen LogP contribution in [-0.2, 0) is 0 Å². The molecular formula is C10H5BrClN3O. The Kier molecular flexibility index (Phi) is 2.22. The molecule has 80 valence electrons. The molecule has 0 aliphatic rings. The van der Waals surface area contributed by atoms with Gasteiger partial charge in [-0.15, -0.1) is 10.2 Å². The third kappa shape index (κ3) is 1.52. The maximum Gasteiger partial charge on any atom is 0.204 e. The number of furan rings is 1. The number of halogens is 2. The number of fused-ring (bicyclic) bond motifs is 1. The van der Waals surface area contributed by atoms with Crippen LogP contribution in [0, 0.1) is 0 Å². The molecule has 0 saturated carbocycles. The number of aromatic nitrogens is 3. The molecule has 0 N–H and O–H groups in total. The summed E-state index contributed by atoms with van der Waals surface area (Å²) in [6.07, 6.45) is 1.88. The second-order valence-electron chi connectivity index (χ2n) is 3.20. The van der Waals surface area contributed by atoms with E-state index in [4.69, 9.17) is 16.0 Å². The van der Waals surface area contributed by atoms with E-state index in [1.54, 1.807) is 12.1 Å². The first-order chi connectivity index (χ1) is 7.74. The molecule has 6 heteroatoms. The van der Waals surface area contributed by atoms with Crippen LogP contribution < -0.4 is 0 Å². The van der Waals surface area contributed by atoms with Gasteiger partial charge in [0.25, 0.3) is 0 Å². The molecule has 3 heterocycles. The predicted octanol–water partition coefficient (Wildman–Crippen LogP) is 3.41. The number of hydrogen-bond donors (Lipinski definition) is 0. The fraction of sp³-hybridized carbons (Fsp3) is 0. The largest absolute Gasteiger partial charge is 0.441 e. The normalized spacial score (nSPS) is 11.1. The van der Waals surface area contributed by atoms with Crippen LogP contribution in [0.2, 0.25) is 5.22 Å². The Morgan fingerprint density at radius 1 is 1.19 bits per heavy atom. The first-order valence-electron chi connectivity index (χ1n) is 4.50. The molecular weight excluding hydrogens is 293 g/mol. The van der Waals surface area contributed by atoms with E-state index in [-0.39, 0.29) is 0 Å². The Hall–Kier alpha value is -1.33. The van der Waals surface area contributed by atoms with Crippen LogP contribution in [0.1, 0.15) is 0 Å². The van der Waals surface area contributed by atoms with Gasteiger partial charge in [0.2, 0.25) is 5.82 Å². The maximum atomic E-state index is 5.73. The zero-order valence-corrected chi connectivity index (χ0v) is 10.2. The van der Waals surface area contributed by atoms with E-state index >= 15 is 0 Å². The van der Waals surface area contributed by atoms with Crippen molar-refractivity contribution < 1.29 is 4.42 Å². The van der Waals surface area contributed by atoms with Gasteiger partial charge in [-0.3, -0.25) is 4.40 Å². The number of pyridine rings is 1. The third-order valence-electron chi connectivity index (χ3n) is 2.16. The summed E-state index contributed by atoms with van der Waals surface area (Å²) in [5, 5.41) is 8.43. The Bertz CT molecular complexity index is 661. The van der Waals surface area contributed by atoms with Crippen LogP contribution in [0.15, 0.2) is 39.4 Å². The van der Waals surface area contributed by atoms with Gasteiger partial charge in [-0.2, -0.15) is 0 Å². The zero-order chi connectivity index (χ0) is 11.1. The highest BCUT2D eigenvalue weighted by atomic mass is 79.9. The fourth-order valence-electron chi connectivity index (χ4n) is 1.47. The quantitative estimate of drug-likeness (QED) is 0.691. The van der Waals surface area contributed by atoms with Crippen molar-refractivity contribution in [3.05, 3.63) is 40.2 Å². The topological polar surface area (TPSA) is 43.3 Å². The number of hydrogen-bond acceptors (Lipinski definition) is 3. The minimum atomic E-state index is 0.335. The zero-order valence-electron chi connectivity index (χ0n) is 7.89. The van der Waals surface area contributed by atoms with Crippen LogP contribution in [-0.4, -0.2) is 14.6 Å². The van der Waals surface area contributed by atoms with Crippen molar-refractivity contribution in [2.45, 2.75) is 0 Å². The van der Waals surface area contributed by atoms with E-state index in [0.29, 0.717) is 16.8 Å². The Morgan fingerprint density at radius 3 is 2.81 bits per heavy atom. The Labute approximate surface area is 104 Å². The summed E-state index contributed by atoms with van der Waals surface area (Å²) in [7, 11) is 0. The molecule has 3 aromatic heterocycles. The van der Waals surface area contributed by atoms with Gasteiger partial charge >= 0.3 is 0 Å². The molecule has 0 aromatic carbocycles. The summed E-state index contributed by atoms with van der Waals surface area (Å²) >= 11 is 9.12. The van der Waals surface area contributed by atoms with E-state index in [1.807, 2.05) is 22.7 Å². The van der Waals surface area contributed by atoms with Gasteiger partial charge in [0.05, 0.1) is 0 Å². The summed E-state index contributed by atoms with van der Waals surface area (Å²) in [5.74, 6) is 1.22. The van der Waals surface area contributed by atoms with Gasteiger partial charge in [0.15, 0.2) is 16.6 Å². The molecule has 0 atom stereocenters. The van der Waals surface area contributed by atoms with Gasteiger partial charge in [-0.05, 0) is 51.8 Å². The standard InChI is InChI=1S/C10H5BrClN3O/c11-6-1-4-9-13-14-10(15(9)5-6)7-2-3-8(12)16-7/h1-5H.